The summed E-state index contributed by atoms with van der Waals surface area (Å²) in [4.78, 5) is 34.6. The van der Waals surface area contributed by atoms with E-state index in [9.17, 15) is 9.59 Å². The number of aromatic amines is 1. The van der Waals surface area contributed by atoms with Crippen molar-refractivity contribution in [3.63, 3.8) is 0 Å². The summed E-state index contributed by atoms with van der Waals surface area (Å²) in [5, 5.41) is 3.23. The molecule has 0 bridgehead atoms. The number of anilines is 2. The Kier molecular flexibility index (Phi) is 3.40. The Morgan fingerprint density at radius 2 is 2.04 bits per heavy atom. The number of nitrogens with one attached hydrogen (secondary N) is 2. The van der Waals surface area contributed by atoms with E-state index in [0.717, 1.165) is 21.9 Å². The number of thiophene rings is 1. The molecule has 0 saturated carbocycles. The number of allylic oxidation sites excluding steroid dienone is 2. The van der Waals surface area contributed by atoms with E-state index in [-0.39, 0.29) is 28.6 Å². The van der Waals surface area contributed by atoms with Gasteiger partial charge in [0.2, 0.25) is 5.95 Å². The van der Waals surface area contributed by atoms with Gasteiger partial charge < -0.3 is 11.1 Å². The Morgan fingerprint density at radius 1 is 1.28 bits per heavy atom. The second-order valence-electron chi connectivity index (χ2n) is 7.55. The van der Waals surface area contributed by atoms with Crippen molar-refractivity contribution in [2.24, 2.45) is 5.41 Å². The summed E-state index contributed by atoms with van der Waals surface area (Å²) in [6.45, 7) is 6.17. The van der Waals surface area contributed by atoms with Gasteiger partial charge >= 0.3 is 0 Å². The molecule has 6 nitrogen and oxygen atoms in total. The molecule has 0 amide bonds. The number of fused-ring (bicyclic) bond motifs is 1. The number of Topliss-reactive ketones (excluding diaryl/α,β-unsaturated/α-hetero) is 1. The molecule has 2 aromatic rings. The quantitative estimate of drug-likeness (QED) is 0.729. The first-order valence-electron chi connectivity index (χ1n) is 8.24. The van der Waals surface area contributed by atoms with E-state index >= 15 is 0 Å². The van der Waals surface area contributed by atoms with Gasteiger partial charge in [-0.15, -0.1) is 11.3 Å². The molecule has 0 radical (unpaired) electrons. The normalized spacial score (nSPS) is 21.6. The third-order valence-corrected chi connectivity index (χ3v) is 5.85. The molecular formula is C18H20N4O2S. The lowest BCUT2D eigenvalue weighted by Crippen LogP contribution is -2.36. The Hall–Kier alpha value is -2.41. The highest BCUT2D eigenvalue weighted by Crippen LogP contribution is 2.48. The van der Waals surface area contributed by atoms with E-state index in [1.165, 1.54) is 0 Å². The summed E-state index contributed by atoms with van der Waals surface area (Å²) in [6, 6.07) is 4.01. The number of aryl methyl sites for hydroxylation is 1. The summed E-state index contributed by atoms with van der Waals surface area (Å²) in [5.74, 6) is 0.242. The number of aromatic nitrogens is 2. The van der Waals surface area contributed by atoms with Crippen LogP contribution in [0.5, 0.6) is 0 Å². The fourth-order valence-electron chi connectivity index (χ4n) is 3.82. The average Bonchev–Trinajstić information content (AvgIpc) is 2.89. The summed E-state index contributed by atoms with van der Waals surface area (Å²) in [6.07, 6.45) is 1.22. The minimum Gasteiger partial charge on any atom is -0.369 e. The molecule has 0 aromatic carbocycles. The van der Waals surface area contributed by atoms with Crippen LogP contribution < -0.4 is 16.6 Å². The Bertz CT molecular complexity index is 983. The van der Waals surface area contributed by atoms with Crippen LogP contribution in [0.3, 0.4) is 0 Å². The minimum absolute atomic E-state index is 0.0720. The van der Waals surface area contributed by atoms with Gasteiger partial charge in [-0.1, -0.05) is 13.8 Å². The van der Waals surface area contributed by atoms with Crippen LogP contribution in [0.4, 0.5) is 11.8 Å². The van der Waals surface area contributed by atoms with Crippen LogP contribution in [-0.4, -0.2) is 15.8 Å². The SMILES string of the molecule is Cc1ccc(C2C3=C(CC(C)(C)CC3=O)Nc3nc(N)[nH]c(=O)c32)s1. The van der Waals surface area contributed by atoms with E-state index < -0.39 is 0 Å². The highest BCUT2D eigenvalue weighted by molar-refractivity contribution is 7.12. The molecule has 1 aliphatic carbocycles. The van der Waals surface area contributed by atoms with Crippen molar-refractivity contribution in [2.45, 2.75) is 39.5 Å². The van der Waals surface area contributed by atoms with Crippen LogP contribution in [-0.2, 0) is 4.79 Å². The summed E-state index contributed by atoms with van der Waals surface area (Å²) >= 11 is 1.60. The van der Waals surface area contributed by atoms with Gasteiger partial charge in [-0.3, -0.25) is 14.6 Å². The molecule has 7 heteroatoms. The number of H-pyrrole nitrogens is 1. The van der Waals surface area contributed by atoms with Crippen molar-refractivity contribution >= 4 is 28.9 Å². The summed E-state index contributed by atoms with van der Waals surface area (Å²) in [5.41, 5.74) is 7.35. The molecule has 0 fully saturated rings. The molecule has 1 unspecified atom stereocenters. The molecule has 4 N–H and O–H groups in total. The lowest BCUT2D eigenvalue weighted by molar-refractivity contribution is -0.118. The number of nitrogens with two attached hydrogens (primary N) is 1. The van der Waals surface area contributed by atoms with Crippen molar-refractivity contribution in [1.82, 2.24) is 9.97 Å². The molecule has 1 aliphatic heterocycles. The Labute approximate surface area is 149 Å². The van der Waals surface area contributed by atoms with Crippen LogP contribution in [0.2, 0.25) is 0 Å². The minimum atomic E-state index is -0.384. The molecule has 130 valence electrons. The standard InChI is InChI=1S/C18H20N4O2S/c1-8-4-5-11(25-8)13-12-9(6-18(2,3)7-10(12)23)20-15-14(13)16(24)22-17(19)21-15/h4-5,13H,6-7H2,1-3H3,(H4,19,20,21,22,24). The van der Waals surface area contributed by atoms with Gasteiger partial charge in [-0.2, -0.15) is 4.98 Å². The monoisotopic (exact) mass is 356 g/mol. The van der Waals surface area contributed by atoms with Crippen LogP contribution in [0.15, 0.2) is 28.2 Å². The maximum atomic E-state index is 13.0. The fraction of sp³-hybridized carbons (Fsp3) is 0.389. The number of hydrogen-bond acceptors (Lipinski definition) is 6. The van der Waals surface area contributed by atoms with Crippen LogP contribution in [0.1, 0.15) is 47.9 Å². The predicted octanol–water partition coefficient (Wildman–Crippen LogP) is 2.92. The molecule has 2 aliphatic rings. The van der Waals surface area contributed by atoms with E-state index in [2.05, 4.69) is 29.1 Å². The van der Waals surface area contributed by atoms with Crippen LogP contribution in [0, 0.1) is 12.3 Å². The predicted molar refractivity (Wildman–Crippen MR) is 98.8 cm³/mol. The van der Waals surface area contributed by atoms with E-state index in [0.29, 0.717) is 23.4 Å². The first-order chi connectivity index (χ1) is 11.7. The van der Waals surface area contributed by atoms with E-state index in [4.69, 9.17) is 5.73 Å². The zero-order valence-electron chi connectivity index (χ0n) is 14.4. The van der Waals surface area contributed by atoms with E-state index in [1.807, 2.05) is 19.1 Å². The zero-order chi connectivity index (χ0) is 17.9. The average molecular weight is 356 g/mol. The number of hydrogen-bond donors (Lipinski definition) is 3. The second kappa shape index (κ2) is 5.29. The molecule has 0 saturated heterocycles. The van der Waals surface area contributed by atoms with Crippen molar-refractivity contribution in [1.29, 1.82) is 0 Å². The van der Waals surface area contributed by atoms with Gasteiger partial charge in [0, 0.05) is 27.4 Å². The number of carbonyl (C=O) groups excluding carboxylic acids is 1. The number of nitrogens with zero attached hydrogens (tertiary/aromatic N) is 1. The Balaban J connectivity index is 1.99. The summed E-state index contributed by atoms with van der Waals surface area (Å²) < 4.78 is 0. The van der Waals surface area contributed by atoms with Crippen molar-refractivity contribution in [3.05, 3.63) is 49.1 Å². The number of ketones is 1. The highest BCUT2D eigenvalue weighted by Gasteiger charge is 2.42. The van der Waals surface area contributed by atoms with E-state index in [1.54, 1.807) is 11.3 Å². The third kappa shape index (κ3) is 2.59. The second-order valence-corrected chi connectivity index (χ2v) is 8.87. The summed E-state index contributed by atoms with van der Waals surface area (Å²) in [7, 11) is 0. The molecule has 2 aromatic heterocycles. The maximum absolute atomic E-state index is 13.0. The van der Waals surface area contributed by atoms with Crippen molar-refractivity contribution in [3.8, 4) is 0 Å². The third-order valence-electron chi connectivity index (χ3n) is 4.79. The fourth-order valence-corrected chi connectivity index (χ4v) is 4.82. The smallest absolute Gasteiger partial charge is 0.258 e. The largest absolute Gasteiger partial charge is 0.369 e. The van der Waals surface area contributed by atoms with Gasteiger partial charge in [-0.25, -0.2) is 0 Å². The van der Waals surface area contributed by atoms with Crippen LogP contribution in [0.25, 0.3) is 0 Å². The lowest BCUT2D eigenvalue weighted by atomic mass is 9.70. The number of carbonyl (C=O) groups is 1. The molecule has 3 heterocycles. The molecule has 4 rings (SSSR count). The highest BCUT2D eigenvalue weighted by atomic mass is 32.1. The molecule has 25 heavy (non-hydrogen) atoms. The van der Waals surface area contributed by atoms with Gasteiger partial charge in [-0.05, 0) is 30.9 Å². The van der Waals surface area contributed by atoms with Crippen molar-refractivity contribution in [2.75, 3.05) is 11.1 Å². The Morgan fingerprint density at radius 3 is 2.72 bits per heavy atom. The lowest BCUT2D eigenvalue weighted by Gasteiger charge is -2.38. The molecule has 1 atom stereocenters. The van der Waals surface area contributed by atoms with Crippen LogP contribution >= 0.6 is 11.3 Å². The maximum Gasteiger partial charge on any atom is 0.258 e. The van der Waals surface area contributed by atoms with Gasteiger partial charge in [0.25, 0.3) is 5.56 Å². The molecule has 0 spiro atoms. The first kappa shape index (κ1) is 16.1. The van der Waals surface area contributed by atoms with Crippen molar-refractivity contribution < 1.29 is 4.79 Å². The molecular weight excluding hydrogens is 336 g/mol. The number of nitrogen functional groups attached to an aromatic ring is 1. The van der Waals surface area contributed by atoms with Gasteiger partial charge in [0.15, 0.2) is 5.78 Å². The van der Waals surface area contributed by atoms with Gasteiger partial charge in [0.1, 0.15) is 5.82 Å². The first-order valence-corrected chi connectivity index (χ1v) is 9.06. The number of rotatable bonds is 1. The van der Waals surface area contributed by atoms with Gasteiger partial charge in [0.05, 0.1) is 11.5 Å². The zero-order valence-corrected chi connectivity index (χ0v) is 15.2. The topological polar surface area (TPSA) is 101 Å².